The SMILES string of the molecule is O=C(O)C(Cc1cccc(F)c1F)c1cccc(Cl)c1. The Kier molecular flexibility index (Phi) is 4.35. The van der Waals surface area contributed by atoms with Crippen molar-refractivity contribution in [2.45, 2.75) is 12.3 Å². The lowest BCUT2D eigenvalue weighted by atomic mass is 9.92. The Morgan fingerprint density at radius 3 is 2.55 bits per heavy atom. The first kappa shape index (κ1) is 14.5. The summed E-state index contributed by atoms with van der Waals surface area (Å²) in [5.41, 5.74) is 0.478. The molecule has 0 aliphatic heterocycles. The van der Waals surface area contributed by atoms with Gasteiger partial charge in [0.25, 0.3) is 0 Å². The molecule has 2 rings (SSSR count). The average molecular weight is 297 g/mol. The van der Waals surface area contributed by atoms with Crippen LogP contribution in [0.25, 0.3) is 0 Å². The Morgan fingerprint density at radius 2 is 1.90 bits per heavy atom. The first-order valence-corrected chi connectivity index (χ1v) is 6.28. The Hall–Kier alpha value is -1.94. The quantitative estimate of drug-likeness (QED) is 0.925. The predicted octanol–water partition coefficient (Wildman–Crippen LogP) is 4.03. The molecule has 0 bridgehead atoms. The minimum atomic E-state index is -1.11. The Bertz CT molecular complexity index is 644. The van der Waals surface area contributed by atoms with Crippen molar-refractivity contribution in [2.24, 2.45) is 0 Å². The lowest BCUT2D eigenvalue weighted by Gasteiger charge is -2.14. The number of carbonyl (C=O) groups is 1. The van der Waals surface area contributed by atoms with E-state index in [4.69, 9.17) is 11.6 Å². The van der Waals surface area contributed by atoms with Gasteiger partial charge in [0.15, 0.2) is 11.6 Å². The van der Waals surface area contributed by atoms with Gasteiger partial charge in [0.05, 0.1) is 5.92 Å². The van der Waals surface area contributed by atoms with Gasteiger partial charge in [-0.2, -0.15) is 0 Å². The van der Waals surface area contributed by atoms with Crippen molar-refractivity contribution in [3.05, 3.63) is 70.2 Å². The van der Waals surface area contributed by atoms with Gasteiger partial charge in [0.2, 0.25) is 0 Å². The van der Waals surface area contributed by atoms with Crippen LogP contribution in [0.5, 0.6) is 0 Å². The summed E-state index contributed by atoms with van der Waals surface area (Å²) in [6, 6.07) is 10.1. The highest BCUT2D eigenvalue weighted by Crippen LogP contribution is 2.25. The molecule has 0 spiro atoms. The van der Waals surface area contributed by atoms with Crippen molar-refractivity contribution in [3.8, 4) is 0 Å². The van der Waals surface area contributed by atoms with Crippen molar-refractivity contribution in [1.82, 2.24) is 0 Å². The summed E-state index contributed by atoms with van der Waals surface area (Å²) < 4.78 is 26.8. The highest BCUT2D eigenvalue weighted by molar-refractivity contribution is 6.30. The normalized spacial score (nSPS) is 12.2. The molecule has 2 aromatic rings. The van der Waals surface area contributed by atoms with Crippen LogP contribution in [0.3, 0.4) is 0 Å². The summed E-state index contributed by atoms with van der Waals surface area (Å²) in [7, 11) is 0. The van der Waals surface area contributed by atoms with Gasteiger partial charge in [-0.25, -0.2) is 8.78 Å². The van der Waals surface area contributed by atoms with E-state index in [1.807, 2.05) is 0 Å². The molecule has 2 nitrogen and oxygen atoms in total. The van der Waals surface area contributed by atoms with Crippen LogP contribution in [-0.4, -0.2) is 11.1 Å². The van der Waals surface area contributed by atoms with Crippen LogP contribution in [0.4, 0.5) is 8.78 Å². The first-order chi connectivity index (χ1) is 9.49. The number of benzene rings is 2. The lowest BCUT2D eigenvalue weighted by Crippen LogP contribution is -2.15. The predicted molar refractivity (Wildman–Crippen MR) is 71.9 cm³/mol. The third-order valence-corrected chi connectivity index (χ3v) is 3.24. The largest absolute Gasteiger partial charge is 0.481 e. The molecule has 5 heteroatoms. The maximum atomic E-state index is 13.6. The fraction of sp³-hybridized carbons (Fsp3) is 0.133. The number of rotatable bonds is 4. The Balaban J connectivity index is 2.36. The van der Waals surface area contributed by atoms with Gasteiger partial charge >= 0.3 is 5.97 Å². The summed E-state index contributed by atoms with van der Waals surface area (Å²) in [6.07, 6.45) is -0.140. The van der Waals surface area contributed by atoms with Gasteiger partial charge < -0.3 is 5.11 Å². The smallest absolute Gasteiger partial charge is 0.311 e. The fourth-order valence-electron chi connectivity index (χ4n) is 2.00. The fourth-order valence-corrected chi connectivity index (χ4v) is 2.20. The molecule has 0 saturated heterocycles. The van der Waals surface area contributed by atoms with E-state index in [0.29, 0.717) is 10.6 Å². The van der Waals surface area contributed by atoms with Crippen molar-refractivity contribution in [2.75, 3.05) is 0 Å². The molecular formula is C15H11ClF2O2. The van der Waals surface area contributed by atoms with Gasteiger partial charge in [-0.05, 0) is 35.7 Å². The van der Waals surface area contributed by atoms with Crippen molar-refractivity contribution < 1.29 is 18.7 Å². The van der Waals surface area contributed by atoms with Gasteiger partial charge in [0, 0.05) is 5.02 Å². The summed E-state index contributed by atoms with van der Waals surface area (Å²) >= 11 is 5.83. The topological polar surface area (TPSA) is 37.3 Å². The van der Waals surface area contributed by atoms with E-state index in [2.05, 4.69) is 0 Å². The molecule has 0 aromatic heterocycles. The minimum Gasteiger partial charge on any atom is -0.481 e. The highest BCUT2D eigenvalue weighted by Gasteiger charge is 2.22. The molecule has 0 amide bonds. The Labute approximate surface area is 119 Å². The van der Waals surface area contributed by atoms with Crippen LogP contribution in [-0.2, 0) is 11.2 Å². The molecule has 0 aliphatic carbocycles. The molecule has 1 unspecified atom stereocenters. The summed E-state index contributed by atoms with van der Waals surface area (Å²) in [4.78, 5) is 11.4. The van der Waals surface area contributed by atoms with Gasteiger partial charge in [-0.1, -0.05) is 35.9 Å². The second-order valence-electron chi connectivity index (χ2n) is 4.36. The number of halogens is 3. The van der Waals surface area contributed by atoms with E-state index in [1.165, 1.54) is 18.2 Å². The molecule has 1 atom stereocenters. The van der Waals surface area contributed by atoms with Crippen LogP contribution in [0.2, 0.25) is 5.02 Å². The first-order valence-electron chi connectivity index (χ1n) is 5.90. The van der Waals surface area contributed by atoms with Gasteiger partial charge in [0.1, 0.15) is 0 Å². The zero-order valence-corrected chi connectivity index (χ0v) is 11.1. The molecular weight excluding hydrogens is 286 g/mol. The zero-order valence-electron chi connectivity index (χ0n) is 10.3. The summed E-state index contributed by atoms with van der Waals surface area (Å²) in [6.45, 7) is 0. The van der Waals surface area contributed by atoms with E-state index in [1.54, 1.807) is 18.2 Å². The summed E-state index contributed by atoms with van der Waals surface area (Å²) in [5.74, 6) is -4.10. The van der Waals surface area contributed by atoms with Crippen LogP contribution in [0.1, 0.15) is 17.0 Å². The Morgan fingerprint density at radius 1 is 1.20 bits per heavy atom. The van der Waals surface area contributed by atoms with E-state index in [9.17, 15) is 18.7 Å². The molecule has 104 valence electrons. The van der Waals surface area contributed by atoms with E-state index in [-0.39, 0.29) is 12.0 Å². The van der Waals surface area contributed by atoms with Crippen LogP contribution >= 0.6 is 11.6 Å². The molecule has 0 saturated carbocycles. The molecule has 0 aliphatic rings. The van der Waals surface area contributed by atoms with Crippen molar-refractivity contribution >= 4 is 17.6 Å². The number of carboxylic acids is 1. The van der Waals surface area contributed by atoms with Crippen LogP contribution in [0, 0.1) is 11.6 Å². The molecule has 1 N–H and O–H groups in total. The molecule has 20 heavy (non-hydrogen) atoms. The van der Waals surface area contributed by atoms with Gasteiger partial charge in [-0.15, -0.1) is 0 Å². The molecule has 0 heterocycles. The van der Waals surface area contributed by atoms with E-state index in [0.717, 1.165) is 6.07 Å². The second-order valence-corrected chi connectivity index (χ2v) is 4.80. The third kappa shape index (κ3) is 3.14. The molecule has 0 fully saturated rings. The number of hydrogen-bond donors (Lipinski definition) is 1. The maximum Gasteiger partial charge on any atom is 0.311 e. The average Bonchev–Trinajstić information content (AvgIpc) is 2.40. The van der Waals surface area contributed by atoms with E-state index < -0.39 is 23.5 Å². The van der Waals surface area contributed by atoms with Crippen molar-refractivity contribution in [3.63, 3.8) is 0 Å². The second kappa shape index (κ2) is 6.01. The zero-order chi connectivity index (χ0) is 14.7. The highest BCUT2D eigenvalue weighted by atomic mass is 35.5. The standard InChI is InChI=1S/C15H11ClF2O2/c16-11-5-1-3-9(7-11)12(15(19)20)8-10-4-2-6-13(17)14(10)18/h1-7,12H,8H2,(H,19,20). The summed E-state index contributed by atoms with van der Waals surface area (Å²) in [5, 5.41) is 9.68. The minimum absolute atomic E-state index is 0.0253. The van der Waals surface area contributed by atoms with Crippen LogP contribution < -0.4 is 0 Å². The number of aliphatic carboxylic acids is 1. The van der Waals surface area contributed by atoms with Crippen LogP contribution in [0.15, 0.2) is 42.5 Å². The number of hydrogen-bond acceptors (Lipinski definition) is 1. The monoisotopic (exact) mass is 296 g/mol. The number of carboxylic acid groups (broad SMARTS) is 1. The third-order valence-electron chi connectivity index (χ3n) is 3.00. The molecule has 0 radical (unpaired) electrons. The van der Waals surface area contributed by atoms with Crippen molar-refractivity contribution in [1.29, 1.82) is 0 Å². The van der Waals surface area contributed by atoms with Gasteiger partial charge in [-0.3, -0.25) is 4.79 Å². The maximum absolute atomic E-state index is 13.6. The molecule has 2 aromatic carbocycles. The lowest BCUT2D eigenvalue weighted by molar-refractivity contribution is -0.138. The van der Waals surface area contributed by atoms with E-state index >= 15 is 0 Å².